The molecule has 2 aromatic carbocycles. The number of allylic oxidation sites excluding steroid dienone is 2. The molecule has 2 aromatic rings. The molecule has 0 atom stereocenters. The Bertz CT molecular complexity index is 1010. The number of rotatable bonds is 17. The van der Waals surface area contributed by atoms with Gasteiger partial charge in [-0.2, -0.15) is 0 Å². The summed E-state index contributed by atoms with van der Waals surface area (Å²) in [4.78, 5) is 0. The zero-order chi connectivity index (χ0) is 25.6. The highest BCUT2D eigenvalue weighted by Crippen LogP contribution is 2.37. The third kappa shape index (κ3) is 8.29. The van der Waals surface area contributed by atoms with Crippen molar-refractivity contribution in [1.29, 1.82) is 0 Å². The van der Waals surface area contributed by atoms with Gasteiger partial charge in [-0.3, -0.25) is 0 Å². The van der Waals surface area contributed by atoms with Gasteiger partial charge in [-0.25, -0.2) is 4.70 Å². The summed E-state index contributed by atoms with van der Waals surface area (Å²) in [6.07, 6.45) is 20.8. The topological polar surface area (TPSA) is 25.3 Å². The Morgan fingerprint density at radius 1 is 0.583 bits per heavy atom. The average molecular weight is 485 g/mol. The van der Waals surface area contributed by atoms with Gasteiger partial charge in [-0.15, -0.1) is 0 Å². The van der Waals surface area contributed by atoms with Gasteiger partial charge in [-0.1, -0.05) is 103 Å². The SMILES string of the molecule is CCCCCCCCc1ccc(C2=C(CCCC)C=C(c3cccc(CCCCCC)c3)[N+]2=[N-])cc1. The van der Waals surface area contributed by atoms with E-state index in [9.17, 15) is 5.53 Å². The van der Waals surface area contributed by atoms with Gasteiger partial charge in [0.25, 0.3) is 0 Å². The fraction of sp³-hybridized carbons (Fsp3) is 0.529. The Kier molecular flexibility index (Phi) is 12.2. The van der Waals surface area contributed by atoms with Crippen LogP contribution in [0.1, 0.15) is 126 Å². The van der Waals surface area contributed by atoms with Crippen molar-refractivity contribution in [2.24, 2.45) is 0 Å². The lowest BCUT2D eigenvalue weighted by Gasteiger charge is -2.11. The molecule has 1 heterocycles. The predicted molar refractivity (Wildman–Crippen MR) is 156 cm³/mol. The molecular weight excluding hydrogens is 436 g/mol. The van der Waals surface area contributed by atoms with Crippen molar-refractivity contribution in [3.63, 3.8) is 0 Å². The van der Waals surface area contributed by atoms with Gasteiger partial charge in [-0.05, 0) is 73.9 Å². The van der Waals surface area contributed by atoms with Crippen LogP contribution in [0.4, 0.5) is 0 Å². The normalized spacial score (nSPS) is 13.5. The Labute approximate surface area is 221 Å². The van der Waals surface area contributed by atoms with Crippen LogP contribution in [0.2, 0.25) is 0 Å². The smallest absolute Gasteiger partial charge is 0.210 e. The molecule has 194 valence electrons. The van der Waals surface area contributed by atoms with Gasteiger partial charge in [0.05, 0.1) is 0 Å². The number of aryl methyl sites for hydroxylation is 2. The second-order valence-electron chi connectivity index (χ2n) is 10.5. The maximum absolute atomic E-state index is 11.4. The summed E-state index contributed by atoms with van der Waals surface area (Å²) in [5, 5.41) is 0. The lowest BCUT2D eigenvalue weighted by molar-refractivity contribution is -0.344. The highest BCUT2D eigenvalue weighted by molar-refractivity contribution is 5.78. The van der Waals surface area contributed by atoms with Gasteiger partial charge < -0.3 is 5.53 Å². The van der Waals surface area contributed by atoms with E-state index in [0.29, 0.717) is 0 Å². The fourth-order valence-electron chi connectivity index (χ4n) is 5.20. The maximum Gasteiger partial charge on any atom is 0.210 e. The van der Waals surface area contributed by atoms with Crippen LogP contribution in [0, 0.1) is 0 Å². The largest absolute Gasteiger partial charge is 0.493 e. The van der Waals surface area contributed by atoms with Crippen LogP contribution < -0.4 is 0 Å². The van der Waals surface area contributed by atoms with E-state index >= 15 is 0 Å². The summed E-state index contributed by atoms with van der Waals surface area (Å²) in [6.45, 7) is 6.76. The molecule has 2 heteroatoms. The van der Waals surface area contributed by atoms with Crippen molar-refractivity contribution in [1.82, 2.24) is 0 Å². The van der Waals surface area contributed by atoms with E-state index in [1.165, 1.54) is 85.6 Å². The number of hydrogen-bond acceptors (Lipinski definition) is 0. The minimum atomic E-state index is 0.905. The van der Waals surface area contributed by atoms with Crippen molar-refractivity contribution >= 4 is 11.4 Å². The number of hydrogen-bond donors (Lipinski definition) is 0. The molecule has 0 unspecified atom stereocenters. The maximum atomic E-state index is 11.4. The molecule has 0 bridgehead atoms. The van der Waals surface area contributed by atoms with Gasteiger partial charge >= 0.3 is 0 Å². The third-order valence-electron chi connectivity index (χ3n) is 7.44. The van der Waals surface area contributed by atoms with Crippen LogP contribution in [-0.2, 0) is 12.8 Å². The van der Waals surface area contributed by atoms with Crippen molar-refractivity contribution in [2.75, 3.05) is 0 Å². The Hall–Kier alpha value is -2.48. The van der Waals surface area contributed by atoms with Gasteiger partial charge in [0.1, 0.15) is 0 Å². The number of benzene rings is 2. The molecule has 0 aromatic heterocycles. The predicted octanol–water partition coefficient (Wildman–Crippen LogP) is 10.7. The van der Waals surface area contributed by atoms with E-state index in [1.54, 1.807) is 0 Å². The Morgan fingerprint density at radius 2 is 1.19 bits per heavy atom. The van der Waals surface area contributed by atoms with Gasteiger partial charge in [0.15, 0.2) is 0 Å². The van der Waals surface area contributed by atoms with E-state index < -0.39 is 0 Å². The molecule has 36 heavy (non-hydrogen) atoms. The van der Waals surface area contributed by atoms with Gasteiger partial charge in [0.2, 0.25) is 11.4 Å². The van der Waals surface area contributed by atoms with Crippen molar-refractivity contribution < 1.29 is 4.70 Å². The molecule has 0 radical (unpaired) electrons. The summed E-state index contributed by atoms with van der Waals surface area (Å²) in [5.74, 6) is 0. The number of nitrogens with zero attached hydrogens (tertiary/aromatic N) is 2. The summed E-state index contributed by atoms with van der Waals surface area (Å²) < 4.78 is 1.45. The van der Waals surface area contributed by atoms with Crippen molar-refractivity contribution in [2.45, 2.75) is 117 Å². The first-order valence-electron chi connectivity index (χ1n) is 14.8. The highest BCUT2D eigenvalue weighted by atomic mass is 15.2. The molecular formula is C34H48N2. The van der Waals surface area contributed by atoms with Crippen LogP contribution in [0.3, 0.4) is 0 Å². The summed E-state index contributed by atoms with van der Waals surface area (Å²) in [5.41, 5.74) is 19.5. The first-order chi connectivity index (χ1) is 17.7. The first-order valence-corrected chi connectivity index (χ1v) is 14.8. The standard InChI is InChI=1S/C34H48N2/c1-4-7-10-12-13-15-17-28-22-24-30(25-23-28)34-32(20-9-6-3)27-33(36(34)35)31-21-16-19-29(26-31)18-14-11-8-5-2/h16,19,21-27H,4-15,17-18,20H2,1-3H3. The van der Waals surface area contributed by atoms with Crippen LogP contribution >= 0.6 is 0 Å². The molecule has 0 fully saturated rings. The summed E-state index contributed by atoms with van der Waals surface area (Å²) >= 11 is 0. The highest BCUT2D eigenvalue weighted by Gasteiger charge is 2.28. The average Bonchev–Trinajstić information content (AvgIpc) is 3.24. The monoisotopic (exact) mass is 484 g/mol. The fourth-order valence-corrected chi connectivity index (χ4v) is 5.20. The molecule has 3 rings (SSSR count). The number of unbranched alkanes of at least 4 members (excludes halogenated alkanes) is 9. The minimum Gasteiger partial charge on any atom is -0.493 e. The summed E-state index contributed by atoms with van der Waals surface area (Å²) in [6, 6.07) is 17.7. The molecule has 0 saturated carbocycles. The molecule has 0 saturated heterocycles. The van der Waals surface area contributed by atoms with E-state index in [-0.39, 0.29) is 0 Å². The van der Waals surface area contributed by atoms with E-state index in [2.05, 4.69) is 75.4 Å². The zero-order valence-corrected chi connectivity index (χ0v) is 23.2. The van der Waals surface area contributed by atoms with Crippen LogP contribution in [0.5, 0.6) is 0 Å². The van der Waals surface area contributed by atoms with Crippen LogP contribution in [0.15, 0.2) is 60.2 Å². The Morgan fingerprint density at radius 3 is 1.89 bits per heavy atom. The summed E-state index contributed by atoms with van der Waals surface area (Å²) in [7, 11) is 0. The van der Waals surface area contributed by atoms with E-state index in [0.717, 1.165) is 54.6 Å². The second kappa shape index (κ2) is 15.6. The third-order valence-corrected chi connectivity index (χ3v) is 7.44. The second-order valence-corrected chi connectivity index (χ2v) is 10.5. The molecule has 2 nitrogen and oxygen atoms in total. The Balaban J connectivity index is 1.70. The van der Waals surface area contributed by atoms with Crippen molar-refractivity contribution in [3.8, 4) is 0 Å². The molecule has 0 amide bonds. The van der Waals surface area contributed by atoms with Crippen LogP contribution in [-0.4, -0.2) is 4.70 Å². The van der Waals surface area contributed by atoms with E-state index in [1.807, 2.05) is 0 Å². The first kappa shape index (κ1) is 28.1. The quantitative estimate of drug-likeness (QED) is 0.158. The molecule has 0 aliphatic carbocycles. The molecule has 0 N–H and O–H groups in total. The lowest BCUT2D eigenvalue weighted by atomic mass is 10.00. The molecule has 1 aliphatic rings. The van der Waals surface area contributed by atoms with Crippen molar-refractivity contribution in [3.05, 3.63) is 88.0 Å². The van der Waals surface area contributed by atoms with Crippen LogP contribution in [0.25, 0.3) is 16.9 Å². The zero-order valence-electron chi connectivity index (χ0n) is 23.2. The minimum absolute atomic E-state index is 0.905. The lowest BCUT2D eigenvalue weighted by Crippen LogP contribution is -2.03. The van der Waals surface area contributed by atoms with E-state index in [4.69, 9.17) is 0 Å². The molecule has 1 aliphatic heterocycles. The molecule has 0 spiro atoms. The van der Waals surface area contributed by atoms with Gasteiger partial charge in [0, 0.05) is 22.8 Å².